The first-order valence-electron chi connectivity index (χ1n) is 7.31. The largest absolute Gasteiger partial charge is 0.435 e. The number of fused-ring (bicyclic) bond motifs is 2. The van der Waals surface area contributed by atoms with Crippen LogP contribution in [0.1, 0.15) is 28.2 Å². The molecule has 4 rings (SSSR count). The summed E-state index contributed by atoms with van der Waals surface area (Å²) in [6.07, 6.45) is -2.61. The van der Waals surface area contributed by atoms with Crippen molar-refractivity contribution in [1.82, 2.24) is 15.1 Å². The number of hydrogen-bond acceptors (Lipinski definition) is 4. The average Bonchev–Trinajstić information content (AvgIpc) is 3.10. The van der Waals surface area contributed by atoms with Gasteiger partial charge in [-0.3, -0.25) is 9.48 Å². The molecule has 0 spiro atoms. The van der Waals surface area contributed by atoms with Crippen LogP contribution < -0.4 is 5.32 Å². The number of amides is 1. The molecule has 2 fully saturated rings. The molecule has 1 amide bonds. The highest BCUT2D eigenvalue weighted by Crippen LogP contribution is 2.40. The number of carbonyl (C=O) groups excluding carboxylic acids is 1. The van der Waals surface area contributed by atoms with Crippen LogP contribution in [0.5, 0.6) is 0 Å². The van der Waals surface area contributed by atoms with Gasteiger partial charge in [0.25, 0.3) is 5.91 Å². The number of rotatable bonds is 2. The van der Waals surface area contributed by atoms with Gasteiger partial charge in [0.2, 0.25) is 0 Å². The van der Waals surface area contributed by atoms with Crippen molar-refractivity contribution in [3.05, 3.63) is 16.6 Å². The Morgan fingerprint density at radius 3 is 3.00 bits per heavy atom. The fourth-order valence-corrected chi connectivity index (χ4v) is 4.34. The lowest BCUT2D eigenvalue weighted by atomic mass is 9.76. The SMILES string of the molecule is Cn1nc(C(F)(F)F)c2cc(C(=O)N[C@@H]3C[C@@H]4OCC[C@@H]43)sc21. The Hall–Kier alpha value is -1.61. The van der Waals surface area contributed by atoms with Gasteiger partial charge >= 0.3 is 6.18 Å². The minimum absolute atomic E-state index is 0.0224. The van der Waals surface area contributed by atoms with Gasteiger partial charge in [-0.05, 0) is 18.9 Å². The summed E-state index contributed by atoms with van der Waals surface area (Å²) < 4.78 is 45.6. The number of halogens is 3. The highest BCUT2D eigenvalue weighted by atomic mass is 32.1. The van der Waals surface area contributed by atoms with Crippen LogP contribution in [0.3, 0.4) is 0 Å². The van der Waals surface area contributed by atoms with E-state index in [1.165, 1.54) is 17.8 Å². The maximum absolute atomic E-state index is 13.0. The number of ether oxygens (including phenoxy) is 1. The summed E-state index contributed by atoms with van der Waals surface area (Å²) in [5.41, 5.74) is -0.946. The summed E-state index contributed by atoms with van der Waals surface area (Å²) in [5, 5.41) is 6.40. The summed E-state index contributed by atoms with van der Waals surface area (Å²) >= 11 is 1.03. The lowest BCUT2D eigenvalue weighted by molar-refractivity contribution is -0.140. The van der Waals surface area contributed by atoms with Gasteiger partial charge in [-0.1, -0.05) is 0 Å². The Morgan fingerprint density at radius 2 is 2.30 bits per heavy atom. The van der Waals surface area contributed by atoms with E-state index in [4.69, 9.17) is 4.74 Å². The third-order valence-electron chi connectivity index (χ3n) is 4.58. The molecule has 0 radical (unpaired) electrons. The van der Waals surface area contributed by atoms with Gasteiger partial charge in [0.1, 0.15) is 4.83 Å². The topological polar surface area (TPSA) is 56.2 Å². The van der Waals surface area contributed by atoms with Gasteiger partial charge in [-0.25, -0.2) is 0 Å². The summed E-state index contributed by atoms with van der Waals surface area (Å²) in [7, 11) is 1.45. The third-order valence-corrected chi connectivity index (χ3v) is 5.78. The minimum Gasteiger partial charge on any atom is -0.378 e. The van der Waals surface area contributed by atoms with Gasteiger partial charge in [0, 0.05) is 31.0 Å². The second kappa shape index (κ2) is 4.94. The zero-order valence-electron chi connectivity index (χ0n) is 12.2. The zero-order chi connectivity index (χ0) is 16.4. The summed E-state index contributed by atoms with van der Waals surface area (Å²) in [4.78, 5) is 12.9. The number of aromatic nitrogens is 2. The summed E-state index contributed by atoms with van der Waals surface area (Å²) in [6, 6.07) is 1.34. The quantitative estimate of drug-likeness (QED) is 0.910. The molecule has 1 N–H and O–H groups in total. The maximum atomic E-state index is 13.0. The molecule has 3 atom stereocenters. The van der Waals surface area contributed by atoms with E-state index in [9.17, 15) is 18.0 Å². The second-order valence-corrected chi connectivity index (χ2v) is 7.01. The van der Waals surface area contributed by atoms with Crippen molar-refractivity contribution in [3.8, 4) is 0 Å². The maximum Gasteiger partial charge on any atom is 0.435 e. The first-order valence-corrected chi connectivity index (χ1v) is 8.12. The Morgan fingerprint density at radius 1 is 1.52 bits per heavy atom. The molecular formula is C14H14F3N3O2S. The molecule has 0 aromatic carbocycles. The zero-order valence-corrected chi connectivity index (χ0v) is 13.0. The Bertz CT molecular complexity index is 782. The normalized spacial score (nSPS) is 27.0. The lowest BCUT2D eigenvalue weighted by Gasteiger charge is -2.39. The van der Waals surface area contributed by atoms with E-state index < -0.39 is 11.9 Å². The van der Waals surface area contributed by atoms with Crippen molar-refractivity contribution in [2.24, 2.45) is 13.0 Å². The predicted octanol–water partition coefficient (Wildman–Crippen LogP) is 2.56. The molecule has 23 heavy (non-hydrogen) atoms. The fraction of sp³-hybridized carbons (Fsp3) is 0.571. The predicted molar refractivity (Wildman–Crippen MR) is 77.3 cm³/mol. The van der Waals surface area contributed by atoms with E-state index >= 15 is 0 Å². The van der Waals surface area contributed by atoms with Crippen LogP contribution in [-0.2, 0) is 18.0 Å². The van der Waals surface area contributed by atoms with Gasteiger partial charge in [-0.2, -0.15) is 18.3 Å². The highest BCUT2D eigenvalue weighted by Gasteiger charge is 2.46. The molecule has 1 saturated heterocycles. The molecule has 2 aromatic heterocycles. The third kappa shape index (κ3) is 2.33. The van der Waals surface area contributed by atoms with Crippen LogP contribution in [0.25, 0.3) is 10.2 Å². The van der Waals surface area contributed by atoms with Crippen LogP contribution >= 0.6 is 11.3 Å². The van der Waals surface area contributed by atoms with Crippen LogP contribution in [0, 0.1) is 5.92 Å². The van der Waals surface area contributed by atoms with Gasteiger partial charge in [0.15, 0.2) is 5.69 Å². The molecule has 9 heteroatoms. The summed E-state index contributed by atoms with van der Waals surface area (Å²) in [6.45, 7) is 0.713. The van der Waals surface area contributed by atoms with Crippen molar-refractivity contribution < 1.29 is 22.7 Å². The number of carbonyl (C=O) groups is 1. The van der Waals surface area contributed by atoms with Gasteiger partial charge < -0.3 is 10.1 Å². The van der Waals surface area contributed by atoms with E-state index in [0.29, 0.717) is 17.4 Å². The number of nitrogens with zero attached hydrogens (tertiary/aromatic N) is 2. The molecule has 124 valence electrons. The molecular weight excluding hydrogens is 331 g/mol. The lowest BCUT2D eigenvalue weighted by Crippen LogP contribution is -2.53. The van der Waals surface area contributed by atoms with Gasteiger partial charge in [0.05, 0.1) is 11.0 Å². The number of nitrogens with one attached hydrogen (secondary N) is 1. The Balaban J connectivity index is 1.58. The van der Waals surface area contributed by atoms with Crippen LogP contribution in [0.15, 0.2) is 6.07 Å². The van der Waals surface area contributed by atoms with Crippen molar-refractivity contribution >= 4 is 27.5 Å². The van der Waals surface area contributed by atoms with Crippen molar-refractivity contribution in [3.63, 3.8) is 0 Å². The monoisotopic (exact) mass is 345 g/mol. The molecule has 2 aliphatic rings. The highest BCUT2D eigenvalue weighted by molar-refractivity contribution is 7.20. The molecule has 5 nitrogen and oxygen atoms in total. The van der Waals surface area contributed by atoms with E-state index in [1.807, 2.05) is 0 Å². The van der Waals surface area contributed by atoms with E-state index in [2.05, 4.69) is 10.4 Å². The minimum atomic E-state index is -4.53. The first kappa shape index (κ1) is 14.9. The number of aryl methyl sites for hydroxylation is 1. The standard InChI is InChI=1S/C14H14F3N3O2S/c1-20-13-7(11(19-20)14(15,16)17)4-10(23-13)12(21)18-8-5-9-6(8)2-3-22-9/h4,6,8-9H,2-3,5H2,1H3,(H,18,21)/t6-,8-,9+/m1/s1. The van der Waals surface area contributed by atoms with E-state index in [0.717, 1.165) is 24.2 Å². The van der Waals surface area contributed by atoms with Gasteiger partial charge in [-0.15, -0.1) is 11.3 Å². The van der Waals surface area contributed by atoms with Crippen LogP contribution in [0.4, 0.5) is 13.2 Å². The molecule has 2 aromatic rings. The van der Waals surface area contributed by atoms with Crippen molar-refractivity contribution in [1.29, 1.82) is 0 Å². The van der Waals surface area contributed by atoms with E-state index in [1.54, 1.807) is 0 Å². The van der Waals surface area contributed by atoms with Crippen LogP contribution in [-0.4, -0.2) is 34.4 Å². The fourth-order valence-electron chi connectivity index (χ4n) is 3.36. The molecule has 1 saturated carbocycles. The average molecular weight is 345 g/mol. The van der Waals surface area contributed by atoms with Crippen molar-refractivity contribution in [2.45, 2.75) is 31.2 Å². The first-order chi connectivity index (χ1) is 10.8. The molecule has 3 heterocycles. The molecule has 1 aliphatic heterocycles. The number of thiophene rings is 1. The second-order valence-electron chi connectivity index (χ2n) is 5.98. The summed E-state index contributed by atoms with van der Waals surface area (Å²) in [5.74, 6) is 0.00963. The molecule has 0 unspecified atom stereocenters. The number of alkyl halides is 3. The molecule has 0 bridgehead atoms. The van der Waals surface area contributed by atoms with E-state index in [-0.39, 0.29) is 28.3 Å². The smallest absolute Gasteiger partial charge is 0.378 e. The Kier molecular flexibility index (Phi) is 3.21. The van der Waals surface area contributed by atoms with Crippen molar-refractivity contribution in [2.75, 3.05) is 6.61 Å². The number of hydrogen-bond donors (Lipinski definition) is 1. The Labute approximate surface area is 133 Å². The molecule has 1 aliphatic carbocycles. The van der Waals surface area contributed by atoms with Crippen LogP contribution in [0.2, 0.25) is 0 Å².